The van der Waals surface area contributed by atoms with Crippen LogP contribution in [0.4, 0.5) is 10.5 Å². The lowest BCUT2D eigenvalue weighted by atomic mass is 10.1. The van der Waals surface area contributed by atoms with E-state index in [0.29, 0.717) is 55.7 Å². The quantitative estimate of drug-likeness (QED) is 0.421. The van der Waals surface area contributed by atoms with Crippen LogP contribution in [0, 0.1) is 6.57 Å². The summed E-state index contributed by atoms with van der Waals surface area (Å²) in [4.78, 5) is 32.3. The van der Waals surface area contributed by atoms with Crippen molar-refractivity contribution in [3.63, 3.8) is 0 Å². The molecular formula is C27H33ClN8O3. The third-order valence-electron chi connectivity index (χ3n) is 6.12. The number of aromatic nitrogens is 4. The van der Waals surface area contributed by atoms with E-state index in [1.165, 1.54) is 0 Å². The van der Waals surface area contributed by atoms with E-state index >= 15 is 0 Å². The van der Waals surface area contributed by atoms with E-state index in [0.717, 1.165) is 17.0 Å². The number of hydrogen-bond donors (Lipinski definition) is 2. The SMILES string of the molecule is [C-]#[N+]c1ccc(-c2ccn(C[C@@H](C)NC(=O)c3cc(CN4CCN(C(=O)OC(C)(C)C)CC4)[nH]n3)n2)cc1Cl. The second kappa shape index (κ2) is 11.9. The number of carbonyl (C=O) groups is 2. The first-order valence-electron chi connectivity index (χ1n) is 12.8. The molecule has 1 saturated heterocycles. The number of hydrogen-bond acceptors (Lipinski definition) is 6. The van der Waals surface area contributed by atoms with Crippen LogP contribution in [0.2, 0.25) is 5.02 Å². The average Bonchev–Trinajstić information content (AvgIpc) is 3.53. The summed E-state index contributed by atoms with van der Waals surface area (Å²) < 4.78 is 7.21. The molecule has 2 aromatic heterocycles. The summed E-state index contributed by atoms with van der Waals surface area (Å²) in [5.41, 5.74) is 2.59. The van der Waals surface area contributed by atoms with Crippen molar-refractivity contribution < 1.29 is 14.3 Å². The summed E-state index contributed by atoms with van der Waals surface area (Å²) in [5, 5.41) is 15.1. The maximum atomic E-state index is 12.8. The van der Waals surface area contributed by atoms with Crippen molar-refractivity contribution in [2.45, 2.75) is 52.4 Å². The van der Waals surface area contributed by atoms with Crippen molar-refractivity contribution in [2.75, 3.05) is 26.2 Å². The third-order valence-corrected chi connectivity index (χ3v) is 6.43. The van der Waals surface area contributed by atoms with Crippen LogP contribution >= 0.6 is 11.6 Å². The molecule has 11 nitrogen and oxygen atoms in total. The molecule has 3 aromatic rings. The first-order valence-corrected chi connectivity index (χ1v) is 13.1. The third kappa shape index (κ3) is 7.59. The first kappa shape index (κ1) is 28.1. The van der Waals surface area contributed by atoms with Crippen LogP contribution in [0.5, 0.6) is 0 Å². The Kier molecular flexibility index (Phi) is 8.57. The molecule has 1 fully saturated rings. The highest BCUT2D eigenvalue weighted by molar-refractivity contribution is 6.33. The van der Waals surface area contributed by atoms with Crippen LogP contribution < -0.4 is 5.32 Å². The highest BCUT2D eigenvalue weighted by Crippen LogP contribution is 2.29. The van der Waals surface area contributed by atoms with Gasteiger partial charge in [0.1, 0.15) is 11.3 Å². The van der Waals surface area contributed by atoms with E-state index in [2.05, 4.69) is 30.4 Å². The van der Waals surface area contributed by atoms with Gasteiger partial charge < -0.3 is 15.0 Å². The van der Waals surface area contributed by atoms with Gasteiger partial charge in [-0.2, -0.15) is 10.2 Å². The Hall–Kier alpha value is -3.88. The molecule has 3 heterocycles. The van der Waals surface area contributed by atoms with Crippen molar-refractivity contribution in [3.8, 4) is 11.3 Å². The molecular weight excluding hydrogens is 520 g/mol. The Morgan fingerprint density at radius 1 is 1.21 bits per heavy atom. The number of H-pyrrole nitrogens is 1. The Labute approximate surface area is 232 Å². The molecule has 0 aliphatic carbocycles. The van der Waals surface area contributed by atoms with E-state index in [1.807, 2.05) is 46.0 Å². The van der Waals surface area contributed by atoms with Crippen LogP contribution in [0.15, 0.2) is 36.5 Å². The maximum absolute atomic E-state index is 12.8. The molecule has 206 valence electrons. The Balaban J connectivity index is 1.25. The molecule has 2 N–H and O–H groups in total. The average molecular weight is 553 g/mol. The van der Waals surface area contributed by atoms with Gasteiger partial charge in [-0.05, 0) is 45.9 Å². The van der Waals surface area contributed by atoms with E-state index in [9.17, 15) is 9.59 Å². The summed E-state index contributed by atoms with van der Waals surface area (Å²) in [5.74, 6) is -0.270. The fourth-order valence-electron chi connectivity index (χ4n) is 4.21. The number of piperazine rings is 1. The molecule has 12 heteroatoms. The minimum Gasteiger partial charge on any atom is -0.444 e. The van der Waals surface area contributed by atoms with Gasteiger partial charge in [-0.15, -0.1) is 0 Å². The maximum Gasteiger partial charge on any atom is 0.410 e. The standard InChI is InChI=1S/C27H33ClN8O3/c1-18(16-36-9-8-22(33-36)19-6-7-23(29-5)21(28)14-19)30-25(37)24-15-20(31-32-24)17-34-10-12-35(13-11-34)26(38)39-27(2,3)4/h6-9,14-15,18H,10-13,16-17H2,1-4H3,(H,30,37)(H,31,32)/t18-/m1/s1. The van der Waals surface area contributed by atoms with Gasteiger partial charge in [-0.25, -0.2) is 9.64 Å². The van der Waals surface area contributed by atoms with Gasteiger partial charge in [0, 0.05) is 55.5 Å². The Bertz CT molecular complexity index is 1360. The van der Waals surface area contributed by atoms with E-state index in [4.69, 9.17) is 22.9 Å². The van der Waals surface area contributed by atoms with Gasteiger partial charge in [-0.3, -0.25) is 19.5 Å². The van der Waals surface area contributed by atoms with Crippen LogP contribution in [0.3, 0.4) is 0 Å². The first-order chi connectivity index (χ1) is 18.5. The molecule has 1 aliphatic heterocycles. The van der Waals surface area contributed by atoms with E-state index in [-0.39, 0.29) is 18.0 Å². The molecule has 1 aliphatic rings. The van der Waals surface area contributed by atoms with Crippen molar-refractivity contribution >= 4 is 29.3 Å². The van der Waals surface area contributed by atoms with Crippen molar-refractivity contribution in [3.05, 3.63) is 64.4 Å². The van der Waals surface area contributed by atoms with Gasteiger partial charge >= 0.3 is 6.09 Å². The van der Waals surface area contributed by atoms with Gasteiger partial charge in [-0.1, -0.05) is 23.7 Å². The minimum absolute atomic E-state index is 0.195. The van der Waals surface area contributed by atoms with Crippen LogP contribution in [-0.4, -0.2) is 79.6 Å². The highest BCUT2D eigenvalue weighted by atomic mass is 35.5. The molecule has 0 radical (unpaired) electrons. The zero-order valence-electron chi connectivity index (χ0n) is 22.6. The number of halogens is 1. The lowest BCUT2D eigenvalue weighted by molar-refractivity contribution is 0.0138. The predicted octanol–water partition coefficient (Wildman–Crippen LogP) is 4.35. The largest absolute Gasteiger partial charge is 0.444 e. The second-order valence-electron chi connectivity index (χ2n) is 10.6. The molecule has 4 rings (SSSR count). The topological polar surface area (TPSA) is 113 Å². The molecule has 0 spiro atoms. The highest BCUT2D eigenvalue weighted by Gasteiger charge is 2.26. The molecule has 1 aromatic carbocycles. The molecule has 0 saturated carbocycles. The zero-order valence-corrected chi connectivity index (χ0v) is 23.3. The molecule has 2 amide bonds. The Morgan fingerprint density at radius 2 is 1.95 bits per heavy atom. The van der Waals surface area contributed by atoms with Gasteiger partial charge in [0.25, 0.3) is 5.91 Å². The summed E-state index contributed by atoms with van der Waals surface area (Å²) in [6.07, 6.45) is 1.55. The number of amides is 2. The van der Waals surface area contributed by atoms with Crippen molar-refractivity contribution in [1.29, 1.82) is 0 Å². The summed E-state index contributed by atoms with van der Waals surface area (Å²) >= 11 is 6.15. The lowest BCUT2D eigenvalue weighted by Gasteiger charge is -2.35. The number of carbonyl (C=O) groups excluding carboxylic acids is 2. The predicted molar refractivity (Wildman–Crippen MR) is 148 cm³/mol. The molecule has 0 unspecified atom stereocenters. The van der Waals surface area contributed by atoms with Crippen molar-refractivity contribution in [2.24, 2.45) is 0 Å². The number of aromatic amines is 1. The molecule has 0 bridgehead atoms. The fourth-order valence-corrected chi connectivity index (χ4v) is 4.44. The normalized spacial score (nSPS) is 15.0. The summed E-state index contributed by atoms with van der Waals surface area (Å²) in [6.45, 7) is 18.3. The van der Waals surface area contributed by atoms with E-state index in [1.54, 1.807) is 27.8 Å². The number of ether oxygens (including phenoxy) is 1. The number of nitrogens with zero attached hydrogens (tertiary/aromatic N) is 6. The van der Waals surface area contributed by atoms with Gasteiger partial charge in [0.05, 0.1) is 24.5 Å². The van der Waals surface area contributed by atoms with Crippen LogP contribution in [0.1, 0.15) is 43.9 Å². The van der Waals surface area contributed by atoms with Crippen LogP contribution in [0.25, 0.3) is 16.1 Å². The zero-order chi connectivity index (χ0) is 28.2. The van der Waals surface area contributed by atoms with Crippen molar-refractivity contribution in [1.82, 2.24) is 35.1 Å². The Morgan fingerprint density at radius 3 is 2.62 bits per heavy atom. The number of nitrogens with one attached hydrogen (secondary N) is 2. The number of rotatable bonds is 7. The number of benzene rings is 1. The van der Waals surface area contributed by atoms with E-state index < -0.39 is 5.60 Å². The van der Waals surface area contributed by atoms with Gasteiger partial charge in [0.15, 0.2) is 0 Å². The fraction of sp³-hybridized carbons (Fsp3) is 0.444. The summed E-state index contributed by atoms with van der Waals surface area (Å²) in [6, 6.07) is 8.64. The molecule has 1 atom stereocenters. The lowest BCUT2D eigenvalue weighted by Crippen LogP contribution is -2.49. The second-order valence-corrected chi connectivity index (χ2v) is 11.0. The monoisotopic (exact) mass is 552 g/mol. The smallest absolute Gasteiger partial charge is 0.410 e. The minimum atomic E-state index is -0.512. The van der Waals surface area contributed by atoms with Crippen LogP contribution in [-0.2, 0) is 17.8 Å². The summed E-state index contributed by atoms with van der Waals surface area (Å²) in [7, 11) is 0. The van der Waals surface area contributed by atoms with Gasteiger partial charge in [0.2, 0.25) is 5.69 Å². The molecule has 39 heavy (non-hydrogen) atoms.